The summed E-state index contributed by atoms with van der Waals surface area (Å²) in [5.74, 6) is 1.35. The van der Waals surface area contributed by atoms with Crippen LogP contribution in [0.4, 0.5) is 0 Å². The van der Waals surface area contributed by atoms with Gasteiger partial charge in [0.25, 0.3) is 0 Å². The Morgan fingerprint density at radius 3 is 2.92 bits per heavy atom. The van der Waals surface area contributed by atoms with Crippen molar-refractivity contribution in [3.8, 4) is 5.75 Å². The number of aliphatic hydroxyl groups is 1. The second kappa shape index (κ2) is 2.66. The van der Waals surface area contributed by atoms with Gasteiger partial charge in [0.05, 0.1) is 5.56 Å². The maximum Gasteiger partial charge on any atom is 0.138 e. The van der Waals surface area contributed by atoms with Gasteiger partial charge in [-0.2, -0.15) is 0 Å². The highest BCUT2D eigenvalue weighted by Gasteiger charge is 2.14. The van der Waals surface area contributed by atoms with Crippen molar-refractivity contribution in [1.29, 1.82) is 0 Å². The number of hydrogen-bond donors (Lipinski definition) is 1. The average Bonchev–Trinajstić information content (AvgIpc) is 2.02. The Morgan fingerprint density at radius 1 is 1.38 bits per heavy atom. The minimum atomic E-state index is 0.214. The number of aliphatic hydroxyl groups excluding tert-OH is 1. The predicted molar refractivity (Wildman–Crippen MR) is 51.6 cm³/mol. The number of hydrogen-bond acceptors (Lipinski definition) is 2. The third-order valence-electron chi connectivity index (χ3n) is 1.95. The molecule has 0 aliphatic carbocycles. The summed E-state index contributed by atoms with van der Waals surface area (Å²) < 4.78 is 5.35. The van der Waals surface area contributed by atoms with Crippen molar-refractivity contribution < 1.29 is 9.84 Å². The zero-order valence-corrected chi connectivity index (χ0v) is 7.37. The van der Waals surface area contributed by atoms with Crippen molar-refractivity contribution in [3.63, 3.8) is 0 Å². The maximum absolute atomic E-state index is 9.54. The molecule has 2 nitrogen and oxygen atoms in total. The summed E-state index contributed by atoms with van der Waals surface area (Å²) in [7, 11) is 0. The van der Waals surface area contributed by atoms with E-state index in [4.69, 9.17) is 4.74 Å². The van der Waals surface area contributed by atoms with Gasteiger partial charge in [-0.05, 0) is 24.6 Å². The zero-order valence-electron chi connectivity index (χ0n) is 7.37. The van der Waals surface area contributed by atoms with Crippen LogP contribution >= 0.6 is 0 Å². The highest BCUT2D eigenvalue weighted by atomic mass is 16.5. The molecule has 1 N–H and O–H groups in total. The van der Waals surface area contributed by atoms with Crippen molar-refractivity contribution in [2.75, 3.05) is 0 Å². The molecule has 1 aromatic carbocycles. The molecule has 1 aromatic rings. The Hall–Kier alpha value is -1.70. The molecule has 2 rings (SSSR count). The average molecular weight is 174 g/mol. The first-order valence-corrected chi connectivity index (χ1v) is 4.05. The van der Waals surface area contributed by atoms with E-state index >= 15 is 0 Å². The molecule has 0 saturated carbocycles. The van der Waals surface area contributed by atoms with Gasteiger partial charge < -0.3 is 9.84 Å². The number of rotatable bonds is 0. The first-order chi connectivity index (χ1) is 6.16. The molecule has 0 radical (unpaired) electrons. The largest absolute Gasteiger partial charge is 0.507 e. The Balaban J connectivity index is 2.60. The van der Waals surface area contributed by atoms with E-state index in [2.05, 4.69) is 6.58 Å². The summed E-state index contributed by atoms with van der Waals surface area (Å²) in [5, 5.41) is 9.54. The van der Waals surface area contributed by atoms with Crippen LogP contribution in [0.25, 0.3) is 5.76 Å². The topological polar surface area (TPSA) is 29.5 Å². The number of benzene rings is 1. The predicted octanol–water partition coefficient (Wildman–Crippen LogP) is 2.80. The van der Waals surface area contributed by atoms with Crippen LogP contribution in [0.15, 0.2) is 36.6 Å². The van der Waals surface area contributed by atoms with Gasteiger partial charge in [-0.25, -0.2) is 0 Å². The normalized spacial score (nSPS) is 14.5. The van der Waals surface area contributed by atoms with Gasteiger partial charge in [-0.3, -0.25) is 0 Å². The van der Waals surface area contributed by atoms with Gasteiger partial charge in [0.1, 0.15) is 17.3 Å². The summed E-state index contributed by atoms with van der Waals surface area (Å²) in [6, 6.07) is 5.65. The lowest BCUT2D eigenvalue weighted by molar-refractivity contribution is 0.420. The molecule has 0 atom stereocenters. The number of fused-ring (bicyclic) bond motifs is 1. The third kappa shape index (κ3) is 1.31. The van der Waals surface area contributed by atoms with E-state index in [1.165, 1.54) is 6.08 Å². The molecular weight excluding hydrogens is 164 g/mol. The van der Waals surface area contributed by atoms with Crippen molar-refractivity contribution in [3.05, 3.63) is 47.7 Å². The maximum atomic E-state index is 9.54. The van der Waals surface area contributed by atoms with Crippen molar-refractivity contribution in [2.24, 2.45) is 0 Å². The molecule has 13 heavy (non-hydrogen) atoms. The molecule has 0 saturated heterocycles. The monoisotopic (exact) mass is 174 g/mol. The van der Waals surface area contributed by atoms with E-state index < -0.39 is 0 Å². The van der Waals surface area contributed by atoms with E-state index in [1.54, 1.807) is 0 Å². The van der Waals surface area contributed by atoms with Crippen molar-refractivity contribution in [2.45, 2.75) is 6.92 Å². The lowest BCUT2D eigenvalue weighted by atomic mass is 10.1. The van der Waals surface area contributed by atoms with Crippen molar-refractivity contribution in [1.82, 2.24) is 0 Å². The Morgan fingerprint density at radius 2 is 2.15 bits per heavy atom. The van der Waals surface area contributed by atoms with Crippen LogP contribution in [0.3, 0.4) is 0 Å². The highest BCUT2D eigenvalue weighted by molar-refractivity contribution is 5.69. The van der Waals surface area contributed by atoms with Crippen LogP contribution < -0.4 is 4.74 Å². The number of aryl methyl sites for hydroxylation is 1. The fourth-order valence-electron chi connectivity index (χ4n) is 1.33. The molecule has 1 aliphatic heterocycles. The van der Waals surface area contributed by atoms with Crippen molar-refractivity contribution >= 4 is 5.76 Å². The van der Waals surface area contributed by atoms with Crippen LogP contribution in [0.5, 0.6) is 5.75 Å². The molecule has 1 heterocycles. The van der Waals surface area contributed by atoms with Crippen LogP contribution in [-0.2, 0) is 0 Å². The molecular formula is C11H10O2. The first-order valence-electron chi connectivity index (χ1n) is 4.05. The highest BCUT2D eigenvalue weighted by Crippen LogP contribution is 2.31. The van der Waals surface area contributed by atoms with Gasteiger partial charge in [0, 0.05) is 6.08 Å². The summed E-state index contributed by atoms with van der Waals surface area (Å²) >= 11 is 0. The molecule has 0 spiro atoms. The summed E-state index contributed by atoms with van der Waals surface area (Å²) in [4.78, 5) is 0. The van der Waals surface area contributed by atoms with Crippen LogP contribution in [0, 0.1) is 6.92 Å². The van der Waals surface area contributed by atoms with Crippen LogP contribution in [0.2, 0.25) is 0 Å². The lowest BCUT2D eigenvalue weighted by Gasteiger charge is -2.16. The molecule has 2 heteroatoms. The SMILES string of the molecule is C=C1C=C(O)c2ccc(C)cc2O1. The molecule has 0 aromatic heterocycles. The van der Waals surface area contributed by atoms with Crippen LogP contribution in [-0.4, -0.2) is 5.11 Å². The molecule has 0 bridgehead atoms. The van der Waals surface area contributed by atoms with Gasteiger partial charge in [-0.1, -0.05) is 12.6 Å². The quantitative estimate of drug-likeness (QED) is 0.655. The Kier molecular flexibility index (Phi) is 1.62. The standard InChI is InChI=1S/C11H10O2/c1-7-3-4-9-10(12)6-8(2)13-11(9)5-7/h3-6,12H,2H2,1H3. The minimum absolute atomic E-state index is 0.214. The van der Waals surface area contributed by atoms with Gasteiger partial charge >= 0.3 is 0 Å². The lowest BCUT2D eigenvalue weighted by Crippen LogP contribution is -2.01. The second-order valence-corrected chi connectivity index (χ2v) is 3.10. The van der Waals surface area contributed by atoms with Gasteiger partial charge in [0.15, 0.2) is 0 Å². The zero-order chi connectivity index (χ0) is 9.42. The third-order valence-corrected chi connectivity index (χ3v) is 1.95. The summed E-state index contributed by atoms with van der Waals surface area (Å²) in [6.07, 6.45) is 1.51. The summed E-state index contributed by atoms with van der Waals surface area (Å²) in [5.41, 5.74) is 1.82. The Labute approximate surface area is 76.8 Å². The van der Waals surface area contributed by atoms with Gasteiger partial charge in [0.2, 0.25) is 0 Å². The van der Waals surface area contributed by atoms with E-state index in [-0.39, 0.29) is 5.76 Å². The van der Waals surface area contributed by atoms with E-state index in [0.29, 0.717) is 11.5 Å². The fraction of sp³-hybridized carbons (Fsp3) is 0.0909. The molecule has 0 fully saturated rings. The Bertz CT molecular complexity index is 403. The summed E-state index contributed by atoms with van der Waals surface area (Å²) in [6.45, 7) is 5.61. The molecule has 66 valence electrons. The second-order valence-electron chi connectivity index (χ2n) is 3.10. The van der Waals surface area contributed by atoms with E-state index in [1.807, 2.05) is 25.1 Å². The van der Waals surface area contributed by atoms with Crippen LogP contribution in [0.1, 0.15) is 11.1 Å². The molecule has 0 amide bonds. The fourth-order valence-corrected chi connectivity index (χ4v) is 1.33. The smallest absolute Gasteiger partial charge is 0.138 e. The van der Waals surface area contributed by atoms with E-state index in [9.17, 15) is 5.11 Å². The number of allylic oxidation sites excluding steroid dienone is 1. The molecule has 0 unspecified atom stereocenters. The van der Waals surface area contributed by atoms with E-state index in [0.717, 1.165) is 11.1 Å². The minimum Gasteiger partial charge on any atom is -0.507 e. The molecule has 1 aliphatic rings. The first kappa shape index (κ1) is 7.92. The number of ether oxygens (including phenoxy) is 1. The van der Waals surface area contributed by atoms with Gasteiger partial charge in [-0.15, -0.1) is 0 Å².